The molecule has 0 aliphatic carbocycles. The first-order valence-corrected chi connectivity index (χ1v) is 5.83. The van der Waals surface area contributed by atoms with Crippen molar-refractivity contribution in [3.8, 4) is 5.75 Å². The van der Waals surface area contributed by atoms with Gasteiger partial charge in [-0.05, 0) is 41.5 Å². The second kappa shape index (κ2) is 4.50. The van der Waals surface area contributed by atoms with Gasteiger partial charge in [0.05, 0.1) is 7.11 Å². The van der Waals surface area contributed by atoms with E-state index in [1.54, 1.807) is 19.2 Å². The van der Waals surface area contributed by atoms with Crippen molar-refractivity contribution >= 4 is 28.3 Å². The highest BCUT2D eigenvalue weighted by Gasteiger charge is 2.32. The van der Waals surface area contributed by atoms with Crippen LogP contribution in [0, 0.1) is 0 Å². The van der Waals surface area contributed by atoms with Crippen molar-refractivity contribution in [2.24, 2.45) is 0 Å². The zero-order chi connectivity index (χ0) is 13.3. The van der Waals surface area contributed by atoms with Gasteiger partial charge in [-0.1, -0.05) is 18.2 Å². The Labute approximate surface area is 110 Å². The van der Waals surface area contributed by atoms with Gasteiger partial charge < -0.3 is 9.84 Å². The monoisotopic (exact) mass is 264 g/mol. The lowest BCUT2D eigenvalue weighted by Gasteiger charge is -2.17. The van der Waals surface area contributed by atoms with Crippen LogP contribution in [-0.2, 0) is 9.67 Å². The molecule has 0 amide bonds. The molecule has 0 spiro atoms. The molecule has 1 atom stereocenters. The maximum absolute atomic E-state index is 11.1. The van der Waals surface area contributed by atoms with E-state index >= 15 is 0 Å². The minimum absolute atomic E-state index is 0.564. The quantitative estimate of drug-likeness (QED) is 0.865. The van der Waals surface area contributed by atoms with E-state index in [1.807, 2.05) is 24.3 Å². The third-order valence-corrected chi connectivity index (χ3v) is 3.37. The molecule has 18 heavy (non-hydrogen) atoms. The van der Waals surface area contributed by atoms with Crippen molar-refractivity contribution in [2.45, 2.75) is 11.8 Å². The number of aliphatic carboxylic acids is 1. The molecule has 0 fully saturated rings. The highest BCUT2D eigenvalue weighted by molar-refractivity contribution is 6.33. The minimum atomic E-state index is -1.41. The van der Waals surface area contributed by atoms with E-state index in [-0.39, 0.29) is 0 Å². The van der Waals surface area contributed by atoms with Crippen LogP contribution < -0.4 is 4.74 Å². The molecule has 4 heteroatoms. The minimum Gasteiger partial charge on any atom is -0.497 e. The maximum Gasteiger partial charge on any atom is 0.329 e. The number of carboxylic acid groups (broad SMARTS) is 1. The summed E-state index contributed by atoms with van der Waals surface area (Å²) in [6, 6.07) is 11.0. The van der Waals surface area contributed by atoms with Gasteiger partial charge in [0.2, 0.25) is 0 Å². The van der Waals surface area contributed by atoms with E-state index in [4.69, 9.17) is 21.4 Å². The van der Waals surface area contributed by atoms with Crippen molar-refractivity contribution < 1.29 is 14.6 Å². The number of fused-ring (bicyclic) bond motifs is 1. The largest absolute Gasteiger partial charge is 0.497 e. The molecule has 0 radical (unpaired) electrons. The summed E-state index contributed by atoms with van der Waals surface area (Å²) in [5.41, 5.74) is 0.564. The summed E-state index contributed by atoms with van der Waals surface area (Å²) >= 11 is 6.03. The topological polar surface area (TPSA) is 46.5 Å². The van der Waals surface area contributed by atoms with Crippen LogP contribution in [0.3, 0.4) is 0 Å². The zero-order valence-electron chi connectivity index (χ0n) is 10.1. The lowest BCUT2D eigenvalue weighted by Crippen LogP contribution is -2.25. The van der Waals surface area contributed by atoms with Gasteiger partial charge in [-0.3, -0.25) is 0 Å². The number of rotatable bonds is 3. The number of hydrogen-bond donors (Lipinski definition) is 1. The van der Waals surface area contributed by atoms with Gasteiger partial charge in [0.1, 0.15) is 5.75 Å². The van der Waals surface area contributed by atoms with Gasteiger partial charge in [0.25, 0.3) is 0 Å². The fourth-order valence-electron chi connectivity index (χ4n) is 1.77. The number of carbonyl (C=O) groups is 1. The normalized spacial score (nSPS) is 14.2. The molecule has 0 saturated carbocycles. The number of ether oxygens (including phenoxy) is 1. The van der Waals surface area contributed by atoms with E-state index in [1.165, 1.54) is 6.92 Å². The molecule has 2 aromatic rings. The van der Waals surface area contributed by atoms with Gasteiger partial charge in [0.15, 0.2) is 4.87 Å². The van der Waals surface area contributed by atoms with Gasteiger partial charge in [-0.15, -0.1) is 11.6 Å². The molecule has 2 rings (SSSR count). The van der Waals surface area contributed by atoms with E-state index in [2.05, 4.69) is 0 Å². The summed E-state index contributed by atoms with van der Waals surface area (Å²) in [4.78, 5) is 9.70. The highest BCUT2D eigenvalue weighted by atomic mass is 35.5. The highest BCUT2D eigenvalue weighted by Crippen LogP contribution is 2.32. The van der Waals surface area contributed by atoms with Crippen molar-refractivity contribution in [1.82, 2.24) is 0 Å². The summed E-state index contributed by atoms with van der Waals surface area (Å²) in [6.07, 6.45) is 0. The van der Waals surface area contributed by atoms with Crippen LogP contribution in [0.2, 0.25) is 0 Å². The molecular weight excluding hydrogens is 252 g/mol. The van der Waals surface area contributed by atoms with Crippen molar-refractivity contribution in [1.29, 1.82) is 0 Å². The molecule has 0 unspecified atom stereocenters. The molecule has 0 aliphatic rings. The lowest BCUT2D eigenvalue weighted by atomic mass is 9.97. The number of halogens is 1. The SMILES string of the molecule is COc1ccc2cc([C@@](C)(Cl)C(=O)O)ccc2c1. The van der Waals surface area contributed by atoms with E-state index in [0.717, 1.165) is 16.5 Å². The zero-order valence-corrected chi connectivity index (χ0v) is 10.9. The average molecular weight is 265 g/mol. The summed E-state index contributed by atoms with van der Waals surface area (Å²) < 4.78 is 5.14. The second-order valence-electron chi connectivity index (χ2n) is 4.24. The van der Waals surface area contributed by atoms with Crippen molar-refractivity contribution in [3.63, 3.8) is 0 Å². The Morgan fingerprint density at radius 3 is 2.44 bits per heavy atom. The molecule has 0 aromatic heterocycles. The van der Waals surface area contributed by atoms with Gasteiger partial charge in [-0.2, -0.15) is 0 Å². The first-order valence-electron chi connectivity index (χ1n) is 5.46. The molecule has 0 bridgehead atoms. The number of methoxy groups -OCH3 is 1. The summed E-state index contributed by atoms with van der Waals surface area (Å²) in [5.74, 6) is -0.292. The standard InChI is InChI=1S/C14H13ClO3/c1-14(15,13(16)17)11-5-3-10-8-12(18-2)6-4-9(10)7-11/h3-8H,1-2H3,(H,16,17)/t14-/m1/s1. The Kier molecular flexibility index (Phi) is 3.18. The van der Waals surface area contributed by atoms with Crippen LogP contribution in [0.15, 0.2) is 36.4 Å². The molecule has 94 valence electrons. The van der Waals surface area contributed by atoms with Gasteiger partial charge in [-0.25, -0.2) is 4.79 Å². The Hall–Kier alpha value is -1.74. The van der Waals surface area contributed by atoms with E-state index < -0.39 is 10.8 Å². The molecule has 3 nitrogen and oxygen atoms in total. The van der Waals surface area contributed by atoms with Crippen molar-refractivity contribution in [3.05, 3.63) is 42.0 Å². The second-order valence-corrected chi connectivity index (χ2v) is 4.99. The smallest absolute Gasteiger partial charge is 0.329 e. The third kappa shape index (κ3) is 2.14. The van der Waals surface area contributed by atoms with Crippen molar-refractivity contribution in [2.75, 3.05) is 7.11 Å². The van der Waals surface area contributed by atoms with Crippen LogP contribution in [0.4, 0.5) is 0 Å². The Balaban J connectivity index is 2.55. The third-order valence-electron chi connectivity index (χ3n) is 2.99. The van der Waals surface area contributed by atoms with Crippen LogP contribution in [0.1, 0.15) is 12.5 Å². The Morgan fingerprint density at radius 1 is 1.22 bits per heavy atom. The van der Waals surface area contributed by atoms with E-state index in [9.17, 15) is 4.79 Å². The number of benzene rings is 2. The lowest BCUT2D eigenvalue weighted by molar-refractivity contribution is -0.139. The summed E-state index contributed by atoms with van der Waals surface area (Å²) in [6.45, 7) is 1.47. The molecule has 0 saturated heterocycles. The van der Waals surface area contributed by atoms with Crippen LogP contribution in [-0.4, -0.2) is 18.2 Å². The number of carboxylic acids is 1. The number of hydrogen-bond acceptors (Lipinski definition) is 2. The summed E-state index contributed by atoms with van der Waals surface area (Å²) in [7, 11) is 1.61. The Morgan fingerprint density at radius 2 is 1.83 bits per heavy atom. The average Bonchev–Trinajstić information content (AvgIpc) is 2.37. The predicted molar refractivity (Wildman–Crippen MR) is 71.3 cm³/mol. The van der Waals surface area contributed by atoms with Gasteiger partial charge in [0, 0.05) is 0 Å². The first kappa shape index (κ1) is 12.7. The fraction of sp³-hybridized carbons (Fsp3) is 0.214. The molecule has 0 aliphatic heterocycles. The Bertz CT molecular complexity index is 605. The molecular formula is C14H13ClO3. The fourth-order valence-corrected chi connectivity index (χ4v) is 1.88. The van der Waals surface area contributed by atoms with Crippen LogP contribution in [0.5, 0.6) is 5.75 Å². The van der Waals surface area contributed by atoms with E-state index in [0.29, 0.717) is 5.56 Å². The summed E-state index contributed by atoms with van der Waals surface area (Å²) in [5, 5.41) is 11.0. The number of alkyl halides is 1. The molecule has 2 aromatic carbocycles. The van der Waals surface area contributed by atoms with Gasteiger partial charge >= 0.3 is 5.97 Å². The van der Waals surface area contributed by atoms with Crippen LogP contribution in [0.25, 0.3) is 10.8 Å². The predicted octanol–water partition coefficient (Wildman–Crippen LogP) is 3.39. The maximum atomic E-state index is 11.1. The first-order chi connectivity index (χ1) is 8.45. The molecule has 1 N–H and O–H groups in total. The molecule has 0 heterocycles. The van der Waals surface area contributed by atoms with Crippen LogP contribution >= 0.6 is 11.6 Å².